The quantitative estimate of drug-likeness (QED) is 0.455. The molecule has 0 fully saturated rings. The van der Waals surface area contributed by atoms with Gasteiger partial charge in [-0.05, 0) is 35.4 Å². The molecule has 1 aromatic heterocycles. The van der Waals surface area contributed by atoms with Gasteiger partial charge in [-0.3, -0.25) is 4.79 Å². The Morgan fingerprint density at radius 2 is 1.67 bits per heavy atom. The van der Waals surface area contributed by atoms with Crippen LogP contribution in [0.2, 0.25) is 0 Å². The lowest BCUT2D eigenvalue weighted by Gasteiger charge is -2.11. The van der Waals surface area contributed by atoms with Gasteiger partial charge in [0.15, 0.2) is 0 Å². The van der Waals surface area contributed by atoms with Crippen molar-refractivity contribution in [3.05, 3.63) is 101 Å². The van der Waals surface area contributed by atoms with Crippen molar-refractivity contribution in [2.45, 2.75) is 13.0 Å². The fourth-order valence-corrected chi connectivity index (χ4v) is 3.53. The number of imidazole rings is 1. The molecule has 1 N–H and O–H groups in total. The van der Waals surface area contributed by atoms with Gasteiger partial charge in [-0.2, -0.15) is 0 Å². The second-order valence-corrected chi connectivity index (χ2v) is 7.21. The SMILES string of the molecule is COCCNC(=O)c1ccc(Cn2c(Cc3ccccc3)nc3ccccc32)cc1. The number of para-hydroxylation sites is 2. The Labute approximate surface area is 176 Å². The third-order valence-corrected chi connectivity index (χ3v) is 5.09. The van der Waals surface area contributed by atoms with Crippen LogP contribution in [-0.4, -0.2) is 35.7 Å². The third-order valence-electron chi connectivity index (χ3n) is 5.09. The van der Waals surface area contributed by atoms with E-state index in [4.69, 9.17) is 9.72 Å². The number of carbonyl (C=O) groups is 1. The minimum Gasteiger partial charge on any atom is -0.383 e. The van der Waals surface area contributed by atoms with E-state index in [1.807, 2.05) is 48.5 Å². The summed E-state index contributed by atoms with van der Waals surface area (Å²) in [4.78, 5) is 17.1. The highest BCUT2D eigenvalue weighted by atomic mass is 16.5. The molecule has 0 unspecified atom stereocenters. The number of hydrogen-bond donors (Lipinski definition) is 1. The highest BCUT2D eigenvalue weighted by Crippen LogP contribution is 2.20. The van der Waals surface area contributed by atoms with E-state index in [0.29, 0.717) is 25.3 Å². The second kappa shape index (κ2) is 9.37. The first-order valence-corrected chi connectivity index (χ1v) is 10.1. The molecule has 0 radical (unpaired) electrons. The Morgan fingerprint density at radius 3 is 2.43 bits per heavy atom. The standard InChI is InChI=1S/C25H25N3O2/c1-30-16-15-26-25(29)21-13-11-20(12-14-21)18-28-23-10-6-5-9-22(23)27-24(28)17-19-7-3-2-4-8-19/h2-14H,15-18H2,1H3,(H,26,29). The van der Waals surface area contributed by atoms with Crippen LogP contribution < -0.4 is 5.32 Å². The Balaban J connectivity index is 1.57. The number of methoxy groups -OCH3 is 1. The van der Waals surface area contributed by atoms with Crippen LogP contribution in [0.25, 0.3) is 11.0 Å². The monoisotopic (exact) mass is 399 g/mol. The fraction of sp³-hybridized carbons (Fsp3) is 0.200. The number of rotatable bonds is 8. The molecule has 5 nitrogen and oxygen atoms in total. The summed E-state index contributed by atoms with van der Waals surface area (Å²) in [6, 6.07) is 26.4. The van der Waals surface area contributed by atoms with Gasteiger partial charge in [0, 0.05) is 32.2 Å². The molecule has 4 rings (SSSR count). The number of hydrogen-bond acceptors (Lipinski definition) is 3. The molecule has 4 aromatic rings. The van der Waals surface area contributed by atoms with E-state index in [9.17, 15) is 4.79 Å². The summed E-state index contributed by atoms with van der Waals surface area (Å²) in [6.07, 6.45) is 0.773. The molecule has 1 heterocycles. The van der Waals surface area contributed by atoms with Crippen molar-refractivity contribution in [1.82, 2.24) is 14.9 Å². The van der Waals surface area contributed by atoms with Crippen LogP contribution in [0.15, 0.2) is 78.9 Å². The van der Waals surface area contributed by atoms with Gasteiger partial charge >= 0.3 is 0 Å². The number of nitrogens with zero attached hydrogens (tertiary/aromatic N) is 2. The Hall–Kier alpha value is -3.44. The van der Waals surface area contributed by atoms with E-state index in [-0.39, 0.29) is 5.91 Å². The van der Waals surface area contributed by atoms with E-state index in [2.05, 4.69) is 40.2 Å². The van der Waals surface area contributed by atoms with Gasteiger partial charge < -0.3 is 14.6 Å². The topological polar surface area (TPSA) is 56.1 Å². The maximum Gasteiger partial charge on any atom is 0.251 e. The van der Waals surface area contributed by atoms with Crippen LogP contribution in [0.4, 0.5) is 0 Å². The maximum atomic E-state index is 12.2. The van der Waals surface area contributed by atoms with E-state index in [1.54, 1.807) is 7.11 Å². The lowest BCUT2D eigenvalue weighted by molar-refractivity contribution is 0.0937. The van der Waals surface area contributed by atoms with Crippen molar-refractivity contribution in [2.24, 2.45) is 0 Å². The number of nitrogens with one attached hydrogen (secondary N) is 1. The molecule has 30 heavy (non-hydrogen) atoms. The summed E-state index contributed by atoms with van der Waals surface area (Å²) >= 11 is 0. The third kappa shape index (κ3) is 4.58. The van der Waals surface area contributed by atoms with Crippen molar-refractivity contribution in [1.29, 1.82) is 0 Å². The smallest absolute Gasteiger partial charge is 0.251 e. The zero-order chi connectivity index (χ0) is 20.8. The molecule has 0 aliphatic heterocycles. The lowest BCUT2D eigenvalue weighted by Crippen LogP contribution is -2.26. The van der Waals surface area contributed by atoms with Crippen molar-refractivity contribution in [3.63, 3.8) is 0 Å². The van der Waals surface area contributed by atoms with E-state index in [1.165, 1.54) is 5.56 Å². The average molecular weight is 399 g/mol. The molecule has 152 valence electrons. The van der Waals surface area contributed by atoms with Gasteiger partial charge in [0.05, 0.1) is 17.6 Å². The Morgan fingerprint density at radius 1 is 0.933 bits per heavy atom. The molecule has 5 heteroatoms. The molecule has 1 amide bonds. The van der Waals surface area contributed by atoms with Crippen LogP contribution in [-0.2, 0) is 17.7 Å². The molecule has 3 aromatic carbocycles. The minimum atomic E-state index is -0.0866. The van der Waals surface area contributed by atoms with Gasteiger partial charge in [-0.1, -0.05) is 54.6 Å². The molecule has 0 aliphatic rings. The van der Waals surface area contributed by atoms with Gasteiger partial charge in [0.2, 0.25) is 0 Å². The summed E-state index contributed by atoms with van der Waals surface area (Å²) in [7, 11) is 1.62. The van der Waals surface area contributed by atoms with Gasteiger partial charge in [0.25, 0.3) is 5.91 Å². The molecule has 0 spiro atoms. The van der Waals surface area contributed by atoms with Crippen molar-refractivity contribution >= 4 is 16.9 Å². The Kier molecular flexibility index (Phi) is 6.20. The second-order valence-electron chi connectivity index (χ2n) is 7.21. The highest BCUT2D eigenvalue weighted by molar-refractivity contribution is 5.94. The van der Waals surface area contributed by atoms with Crippen molar-refractivity contribution in [3.8, 4) is 0 Å². The number of ether oxygens (including phenoxy) is 1. The zero-order valence-electron chi connectivity index (χ0n) is 17.0. The number of fused-ring (bicyclic) bond motifs is 1. The average Bonchev–Trinajstić information content (AvgIpc) is 3.12. The van der Waals surface area contributed by atoms with Crippen molar-refractivity contribution in [2.75, 3.05) is 20.3 Å². The molecule has 0 saturated heterocycles. The summed E-state index contributed by atoms with van der Waals surface area (Å²) in [6.45, 7) is 1.71. The van der Waals surface area contributed by atoms with E-state index < -0.39 is 0 Å². The molecule has 0 atom stereocenters. The molecular weight excluding hydrogens is 374 g/mol. The summed E-state index contributed by atoms with van der Waals surface area (Å²) in [5, 5.41) is 2.85. The summed E-state index contributed by atoms with van der Waals surface area (Å²) < 4.78 is 7.23. The maximum absolute atomic E-state index is 12.2. The predicted octanol–water partition coefficient (Wildman–Crippen LogP) is 4.05. The van der Waals surface area contributed by atoms with Crippen LogP contribution in [0.3, 0.4) is 0 Å². The molecule has 0 saturated carbocycles. The van der Waals surface area contributed by atoms with Crippen LogP contribution in [0.1, 0.15) is 27.3 Å². The first-order chi connectivity index (χ1) is 14.7. The minimum absolute atomic E-state index is 0.0866. The summed E-state index contributed by atoms with van der Waals surface area (Å²) in [5.74, 6) is 0.945. The number of amides is 1. The van der Waals surface area contributed by atoms with Gasteiger partial charge in [-0.15, -0.1) is 0 Å². The largest absolute Gasteiger partial charge is 0.383 e. The number of benzene rings is 3. The van der Waals surface area contributed by atoms with Crippen molar-refractivity contribution < 1.29 is 9.53 Å². The number of aromatic nitrogens is 2. The fourth-order valence-electron chi connectivity index (χ4n) is 3.53. The normalized spacial score (nSPS) is 11.0. The van der Waals surface area contributed by atoms with Crippen LogP contribution >= 0.6 is 0 Å². The zero-order valence-corrected chi connectivity index (χ0v) is 17.0. The first-order valence-electron chi connectivity index (χ1n) is 10.1. The van der Waals surface area contributed by atoms with E-state index in [0.717, 1.165) is 28.8 Å². The number of carbonyl (C=O) groups excluding carboxylic acids is 1. The molecular formula is C25H25N3O2. The molecule has 0 aliphatic carbocycles. The Bertz CT molecular complexity index is 1120. The van der Waals surface area contributed by atoms with Gasteiger partial charge in [-0.25, -0.2) is 4.98 Å². The van der Waals surface area contributed by atoms with Gasteiger partial charge in [0.1, 0.15) is 5.82 Å². The summed E-state index contributed by atoms with van der Waals surface area (Å²) in [5.41, 5.74) is 5.12. The highest BCUT2D eigenvalue weighted by Gasteiger charge is 2.12. The lowest BCUT2D eigenvalue weighted by atomic mass is 10.1. The predicted molar refractivity (Wildman–Crippen MR) is 119 cm³/mol. The molecule has 0 bridgehead atoms. The van der Waals surface area contributed by atoms with E-state index >= 15 is 0 Å². The van der Waals surface area contributed by atoms with Crippen LogP contribution in [0.5, 0.6) is 0 Å². The first kappa shape index (κ1) is 19.9. The van der Waals surface area contributed by atoms with Crippen LogP contribution in [0, 0.1) is 0 Å².